The van der Waals surface area contributed by atoms with E-state index in [1.54, 1.807) is 18.2 Å². The number of hydrogen-bond acceptors (Lipinski definition) is 7. The number of carbonyl (C=O) groups excluding carboxylic acids is 1. The first-order valence-corrected chi connectivity index (χ1v) is 19.7. The van der Waals surface area contributed by atoms with Gasteiger partial charge in [-0.05, 0) is 118 Å². The van der Waals surface area contributed by atoms with Crippen LogP contribution in [0.5, 0.6) is 0 Å². The third-order valence-electron chi connectivity index (χ3n) is 12.3. The molecule has 268 valence electrons. The molecule has 0 bridgehead atoms. The number of nitrogens with zero attached hydrogens (tertiary/aromatic N) is 4. The van der Waals surface area contributed by atoms with Crippen LogP contribution < -0.4 is 10.2 Å². The second kappa shape index (κ2) is 14.2. The molecule has 50 heavy (non-hydrogen) atoms. The highest BCUT2D eigenvalue weighted by molar-refractivity contribution is 7.92. The molecule has 2 aromatic carbocycles. The zero-order chi connectivity index (χ0) is 35.0. The van der Waals surface area contributed by atoms with Crippen LogP contribution in [0.1, 0.15) is 44.1 Å². The molecule has 12 heteroatoms. The molecule has 1 aliphatic carbocycles. The number of piperidine rings is 1. The minimum absolute atomic E-state index is 0.111. The molecule has 2 amide bonds. The van der Waals surface area contributed by atoms with Gasteiger partial charge in [-0.25, -0.2) is 17.6 Å². The van der Waals surface area contributed by atoms with Crippen LogP contribution in [0.2, 0.25) is 0 Å². The molecule has 4 saturated heterocycles. The smallest absolute Gasteiger partial charge is 0.404 e. The Hall–Kier alpha value is -3.66. The fraction of sp³-hybridized carbons (Fsp3) is 0.579. The number of halogens is 1. The zero-order valence-corrected chi connectivity index (χ0v) is 29.4. The Morgan fingerprint density at radius 2 is 1.66 bits per heavy atom. The van der Waals surface area contributed by atoms with Gasteiger partial charge in [-0.1, -0.05) is 18.6 Å². The Balaban J connectivity index is 0.977. The normalized spacial score (nSPS) is 25.2. The summed E-state index contributed by atoms with van der Waals surface area (Å²) in [6.07, 6.45) is 10.0. The average molecular weight is 706 g/mol. The Labute approximate surface area is 294 Å². The largest absolute Gasteiger partial charge is 0.465 e. The van der Waals surface area contributed by atoms with Gasteiger partial charge in [0, 0.05) is 62.3 Å². The van der Waals surface area contributed by atoms with E-state index in [0.717, 1.165) is 102 Å². The van der Waals surface area contributed by atoms with Crippen LogP contribution >= 0.6 is 0 Å². The van der Waals surface area contributed by atoms with Crippen molar-refractivity contribution in [1.82, 2.24) is 20.0 Å². The van der Waals surface area contributed by atoms with E-state index in [0.29, 0.717) is 11.8 Å². The van der Waals surface area contributed by atoms with E-state index in [1.807, 2.05) is 24.1 Å². The van der Waals surface area contributed by atoms with Crippen LogP contribution in [0.3, 0.4) is 0 Å². The van der Waals surface area contributed by atoms with E-state index >= 15 is 0 Å². The van der Waals surface area contributed by atoms with Crippen molar-refractivity contribution in [2.75, 3.05) is 70.3 Å². The first-order valence-electron chi connectivity index (χ1n) is 18.1. The number of terminal acetylenes is 1. The van der Waals surface area contributed by atoms with E-state index in [4.69, 9.17) is 6.42 Å². The lowest BCUT2D eigenvalue weighted by Crippen LogP contribution is -2.60. The highest BCUT2D eigenvalue weighted by atomic mass is 32.2. The quantitative estimate of drug-likeness (QED) is 0.341. The number of likely N-dealkylation sites (tertiary alicyclic amines) is 3. The molecular weight excluding hydrogens is 658 g/mol. The van der Waals surface area contributed by atoms with E-state index < -0.39 is 27.1 Å². The van der Waals surface area contributed by atoms with Gasteiger partial charge in [-0.3, -0.25) is 4.79 Å². The van der Waals surface area contributed by atoms with E-state index in [1.165, 1.54) is 11.0 Å². The van der Waals surface area contributed by atoms with Gasteiger partial charge < -0.3 is 30.0 Å². The molecule has 1 saturated carbocycles. The predicted molar refractivity (Wildman–Crippen MR) is 189 cm³/mol. The number of benzene rings is 2. The molecule has 4 aliphatic heterocycles. The lowest BCUT2D eigenvalue weighted by atomic mass is 9.57. The Kier molecular flexibility index (Phi) is 9.85. The van der Waals surface area contributed by atoms with Crippen molar-refractivity contribution < 1.29 is 27.5 Å². The molecule has 0 spiro atoms. The average Bonchev–Trinajstić information content (AvgIpc) is 3.49. The molecule has 4 heterocycles. The predicted octanol–water partition coefficient (Wildman–Crippen LogP) is 3.67. The van der Waals surface area contributed by atoms with Crippen molar-refractivity contribution in [3.8, 4) is 12.3 Å². The molecule has 0 aromatic heterocycles. The van der Waals surface area contributed by atoms with Crippen LogP contribution in [0.4, 0.5) is 14.9 Å². The fourth-order valence-corrected chi connectivity index (χ4v) is 11.2. The topological polar surface area (TPSA) is 114 Å². The summed E-state index contributed by atoms with van der Waals surface area (Å²) in [4.78, 5) is 32.5. The summed E-state index contributed by atoms with van der Waals surface area (Å²) in [5.74, 6) is 2.26. The number of rotatable bonds is 11. The maximum atomic E-state index is 14.9. The molecule has 2 N–H and O–H groups in total. The molecule has 2 aromatic rings. The van der Waals surface area contributed by atoms with Crippen LogP contribution in [-0.4, -0.2) is 117 Å². The van der Waals surface area contributed by atoms with Gasteiger partial charge in [-0.15, -0.1) is 6.42 Å². The van der Waals surface area contributed by atoms with E-state index in [2.05, 4.69) is 26.1 Å². The van der Waals surface area contributed by atoms with Crippen LogP contribution in [0.15, 0.2) is 53.4 Å². The summed E-state index contributed by atoms with van der Waals surface area (Å²) in [7, 11) is -3.53. The van der Waals surface area contributed by atoms with E-state index in [9.17, 15) is 27.5 Å². The maximum Gasteiger partial charge on any atom is 0.404 e. The Bertz CT molecular complexity index is 1710. The third kappa shape index (κ3) is 6.72. The number of amides is 2. The second-order valence-corrected chi connectivity index (χ2v) is 17.4. The summed E-state index contributed by atoms with van der Waals surface area (Å²) in [6, 6.07) is 14.1. The summed E-state index contributed by atoms with van der Waals surface area (Å²) >= 11 is 0. The van der Waals surface area contributed by atoms with Crippen molar-refractivity contribution >= 4 is 27.5 Å². The van der Waals surface area contributed by atoms with Gasteiger partial charge in [0.05, 0.1) is 4.90 Å². The fourth-order valence-electron chi connectivity index (χ4n) is 9.51. The number of nitrogens with one attached hydrogen (secondary N) is 1. The van der Waals surface area contributed by atoms with Crippen molar-refractivity contribution in [1.29, 1.82) is 0 Å². The SMILES string of the molecule is C#CC(=O)N1CC(S(=O)(=O)c2ccc(N3CC(CN4CCC([C@@](CN5CCC5)(c5cccc(F)c5)[C@H]5CCC[C@@H]5NC(=O)O)CC4)C3)cc2)C1. The molecule has 3 atom stereocenters. The van der Waals surface area contributed by atoms with Gasteiger partial charge >= 0.3 is 6.09 Å². The Morgan fingerprint density at radius 1 is 0.940 bits per heavy atom. The summed E-state index contributed by atoms with van der Waals surface area (Å²) in [5.41, 5.74) is 1.69. The minimum Gasteiger partial charge on any atom is -0.465 e. The van der Waals surface area contributed by atoms with Crippen molar-refractivity contribution in [2.24, 2.45) is 17.8 Å². The molecule has 7 rings (SSSR count). The van der Waals surface area contributed by atoms with Crippen molar-refractivity contribution in [3.63, 3.8) is 0 Å². The lowest BCUT2D eigenvalue weighted by molar-refractivity contribution is -0.128. The van der Waals surface area contributed by atoms with Crippen LogP contribution in [0, 0.1) is 35.9 Å². The van der Waals surface area contributed by atoms with Gasteiger partial charge in [0.15, 0.2) is 9.84 Å². The highest BCUT2D eigenvalue weighted by Gasteiger charge is 2.53. The summed E-state index contributed by atoms with van der Waals surface area (Å²) in [6.45, 7) is 7.89. The van der Waals surface area contributed by atoms with Gasteiger partial charge in [0.25, 0.3) is 5.91 Å². The number of carboxylic acid groups (broad SMARTS) is 1. The first kappa shape index (κ1) is 34.8. The van der Waals surface area contributed by atoms with Gasteiger partial charge in [0.2, 0.25) is 0 Å². The van der Waals surface area contributed by atoms with Gasteiger partial charge in [0.1, 0.15) is 11.1 Å². The standard InChI is InChI=1S/C38H48FN5O5S/c1-2-36(45)44-24-33(25-44)50(48,49)32-12-10-31(11-13-32)43-22-27(23-43)21-41-18-14-28(15-19-41)38(26-42-16-5-17-42,29-6-3-7-30(39)20-29)34-8-4-9-35(34)40-37(46)47/h1,3,6-7,10-13,20,27-28,33-35,40H,4-5,8-9,14-19,21-26H2,(H,46,47)/t34-,35-,38-/m0/s1. The Morgan fingerprint density at radius 3 is 2.28 bits per heavy atom. The number of anilines is 1. The molecular formula is C38H48FN5O5S. The van der Waals surface area contributed by atoms with E-state index in [-0.39, 0.29) is 41.2 Å². The zero-order valence-electron chi connectivity index (χ0n) is 28.6. The van der Waals surface area contributed by atoms with Crippen LogP contribution in [0.25, 0.3) is 0 Å². The molecule has 0 radical (unpaired) electrons. The number of carbonyl (C=O) groups is 2. The van der Waals surface area contributed by atoms with Crippen LogP contribution in [-0.2, 0) is 20.0 Å². The molecule has 0 unspecified atom stereocenters. The maximum absolute atomic E-state index is 14.9. The minimum atomic E-state index is -3.53. The summed E-state index contributed by atoms with van der Waals surface area (Å²) in [5, 5.41) is 12.0. The lowest BCUT2D eigenvalue weighted by Gasteiger charge is -2.54. The monoisotopic (exact) mass is 705 g/mol. The second-order valence-electron chi connectivity index (χ2n) is 15.1. The van der Waals surface area contributed by atoms with Crippen molar-refractivity contribution in [3.05, 3.63) is 59.9 Å². The third-order valence-corrected chi connectivity index (χ3v) is 14.4. The number of sulfone groups is 1. The first-order chi connectivity index (χ1) is 24.1. The van der Waals surface area contributed by atoms with Crippen molar-refractivity contribution in [2.45, 2.75) is 60.1 Å². The highest BCUT2D eigenvalue weighted by Crippen LogP contribution is 2.51. The molecule has 5 fully saturated rings. The number of hydrogen-bond donors (Lipinski definition) is 2. The van der Waals surface area contributed by atoms with Gasteiger partial charge in [-0.2, -0.15) is 0 Å². The molecule has 10 nitrogen and oxygen atoms in total. The summed E-state index contributed by atoms with van der Waals surface area (Å²) < 4.78 is 41.0. The molecule has 5 aliphatic rings.